The number of anilines is 2. The molecule has 20 heavy (non-hydrogen) atoms. The van der Waals surface area contributed by atoms with Crippen LogP contribution in [0.5, 0.6) is 0 Å². The number of hydrogen-bond donors (Lipinski definition) is 1. The first kappa shape index (κ1) is 14.2. The Morgan fingerprint density at radius 2 is 2.10 bits per heavy atom. The molecule has 0 aliphatic carbocycles. The number of benzene rings is 1. The fourth-order valence-corrected chi connectivity index (χ4v) is 2.23. The molecule has 2 rings (SSSR count). The largest absolute Gasteiger partial charge is 0.465 e. The van der Waals surface area contributed by atoms with Gasteiger partial charge in [0.25, 0.3) is 0 Å². The summed E-state index contributed by atoms with van der Waals surface area (Å²) in [6.45, 7) is 1.82. The van der Waals surface area contributed by atoms with E-state index in [1.165, 1.54) is 7.11 Å². The quantitative estimate of drug-likeness (QED) is 0.637. The average Bonchev–Trinajstić information content (AvgIpc) is 2.61. The summed E-state index contributed by atoms with van der Waals surface area (Å²) in [4.78, 5) is 27.2. The first-order valence-electron chi connectivity index (χ1n) is 6.49. The molecule has 0 saturated carbocycles. The molecular formula is C14H19N3O3. The Balaban J connectivity index is 2.28. The van der Waals surface area contributed by atoms with Crippen molar-refractivity contribution in [1.82, 2.24) is 4.90 Å². The van der Waals surface area contributed by atoms with Crippen molar-refractivity contribution in [2.45, 2.75) is 6.42 Å². The lowest BCUT2D eigenvalue weighted by atomic mass is 10.1. The number of likely N-dealkylation sites (N-methyl/N-ethyl adjacent to an activating group) is 1. The Kier molecular flexibility index (Phi) is 4.12. The van der Waals surface area contributed by atoms with Gasteiger partial charge in [0.2, 0.25) is 5.91 Å². The summed E-state index contributed by atoms with van der Waals surface area (Å²) in [6.07, 6.45) is 0.889. The van der Waals surface area contributed by atoms with E-state index in [9.17, 15) is 9.59 Å². The van der Waals surface area contributed by atoms with E-state index < -0.39 is 5.97 Å². The van der Waals surface area contributed by atoms with Crippen LogP contribution in [-0.4, -0.2) is 50.6 Å². The normalized spacial score (nSPS) is 16.0. The van der Waals surface area contributed by atoms with Crippen LogP contribution in [0, 0.1) is 0 Å². The van der Waals surface area contributed by atoms with E-state index >= 15 is 0 Å². The van der Waals surface area contributed by atoms with E-state index in [0.29, 0.717) is 17.8 Å². The minimum absolute atomic E-state index is 0.0685. The summed E-state index contributed by atoms with van der Waals surface area (Å²) in [6, 6.07) is 5.17. The van der Waals surface area contributed by atoms with Crippen molar-refractivity contribution in [2.75, 3.05) is 44.4 Å². The number of nitrogen functional groups attached to an aromatic ring is 1. The number of carbonyl (C=O) groups is 2. The second-order valence-corrected chi connectivity index (χ2v) is 4.85. The van der Waals surface area contributed by atoms with Crippen molar-refractivity contribution in [2.24, 2.45) is 0 Å². The number of amides is 1. The van der Waals surface area contributed by atoms with Crippen molar-refractivity contribution >= 4 is 23.3 Å². The van der Waals surface area contributed by atoms with Gasteiger partial charge in [-0.25, -0.2) is 4.79 Å². The highest BCUT2D eigenvalue weighted by molar-refractivity contribution is 5.96. The highest BCUT2D eigenvalue weighted by atomic mass is 16.5. The van der Waals surface area contributed by atoms with E-state index in [4.69, 9.17) is 10.5 Å². The summed E-state index contributed by atoms with van der Waals surface area (Å²) in [7, 11) is 3.12. The molecule has 1 heterocycles. The predicted octanol–water partition coefficient (Wildman–Crippen LogP) is 0.724. The third-order valence-corrected chi connectivity index (χ3v) is 3.48. The van der Waals surface area contributed by atoms with Crippen LogP contribution in [-0.2, 0) is 9.53 Å². The minimum Gasteiger partial charge on any atom is -0.465 e. The van der Waals surface area contributed by atoms with Crippen molar-refractivity contribution in [3.05, 3.63) is 23.8 Å². The highest BCUT2D eigenvalue weighted by Gasteiger charge is 2.20. The van der Waals surface area contributed by atoms with Gasteiger partial charge in [0.1, 0.15) is 0 Å². The average molecular weight is 277 g/mol. The van der Waals surface area contributed by atoms with E-state index in [0.717, 1.165) is 25.2 Å². The van der Waals surface area contributed by atoms with Gasteiger partial charge in [-0.1, -0.05) is 0 Å². The van der Waals surface area contributed by atoms with Crippen molar-refractivity contribution in [1.29, 1.82) is 0 Å². The van der Waals surface area contributed by atoms with Crippen LogP contribution in [0.3, 0.4) is 0 Å². The molecule has 1 aromatic carbocycles. The first-order chi connectivity index (χ1) is 9.52. The summed E-state index contributed by atoms with van der Waals surface area (Å²) in [5.41, 5.74) is 7.29. The summed E-state index contributed by atoms with van der Waals surface area (Å²) < 4.78 is 4.71. The Labute approximate surface area is 118 Å². The lowest BCUT2D eigenvalue weighted by Gasteiger charge is -2.22. The Morgan fingerprint density at radius 3 is 2.80 bits per heavy atom. The van der Waals surface area contributed by atoms with Crippen molar-refractivity contribution < 1.29 is 14.3 Å². The van der Waals surface area contributed by atoms with E-state index in [1.807, 2.05) is 11.0 Å². The van der Waals surface area contributed by atoms with Gasteiger partial charge < -0.3 is 20.3 Å². The van der Waals surface area contributed by atoms with Crippen LogP contribution in [0.15, 0.2) is 18.2 Å². The third kappa shape index (κ3) is 2.84. The molecule has 1 fully saturated rings. The molecule has 0 spiro atoms. The lowest BCUT2D eigenvalue weighted by molar-refractivity contribution is -0.127. The van der Waals surface area contributed by atoms with E-state index in [1.54, 1.807) is 24.1 Å². The maximum absolute atomic E-state index is 11.9. The Morgan fingerprint density at radius 1 is 1.35 bits per heavy atom. The number of nitrogens with two attached hydrogens (primary N) is 1. The maximum atomic E-state index is 11.9. The monoisotopic (exact) mass is 277 g/mol. The number of rotatable bonds is 2. The van der Waals surface area contributed by atoms with E-state index in [-0.39, 0.29) is 5.91 Å². The zero-order chi connectivity index (χ0) is 14.7. The standard InChI is InChI=1S/C14H19N3O3/c1-16-6-3-7-17(9-13(16)18)10-4-5-12(15)11(8-10)14(19)20-2/h4-5,8H,3,6-7,9,15H2,1-2H3. The molecule has 0 atom stereocenters. The molecule has 0 bridgehead atoms. The zero-order valence-electron chi connectivity index (χ0n) is 11.8. The van der Waals surface area contributed by atoms with Gasteiger partial charge in [0.15, 0.2) is 0 Å². The molecule has 1 aliphatic rings. The fraction of sp³-hybridized carbons (Fsp3) is 0.429. The summed E-state index contributed by atoms with van der Waals surface area (Å²) >= 11 is 0. The number of hydrogen-bond acceptors (Lipinski definition) is 5. The number of esters is 1. The van der Waals surface area contributed by atoms with Gasteiger partial charge in [0, 0.05) is 31.5 Å². The smallest absolute Gasteiger partial charge is 0.340 e. The molecule has 1 amide bonds. The molecule has 0 radical (unpaired) electrons. The molecule has 6 heteroatoms. The number of methoxy groups -OCH3 is 1. The van der Waals surface area contributed by atoms with E-state index in [2.05, 4.69) is 0 Å². The predicted molar refractivity (Wildman–Crippen MR) is 76.7 cm³/mol. The molecule has 0 unspecified atom stereocenters. The summed E-state index contributed by atoms with van der Waals surface area (Å²) in [5.74, 6) is -0.401. The van der Waals surface area contributed by atoms with Gasteiger partial charge in [-0.15, -0.1) is 0 Å². The molecule has 2 N–H and O–H groups in total. The van der Waals surface area contributed by atoms with Crippen molar-refractivity contribution in [3.63, 3.8) is 0 Å². The van der Waals surface area contributed by atoms with Gasteiger partial charge in [-0.3, -0.25) is 4.79 Å². The second-order valence-electron chi connectivity index (χ2n) is 4.85. The second kappa shape index (κ2) is 5.81. The van der Waals surface area contributed by atoms with Crippen LogP contribution in [0.4, 0.5) is 11.4 Å². The van der Waals surface area contributed by atoms with Crippen LogP contribution in [0.25, 0.3) is 0 Å². The number of carbonyl (C=O) groups excluding carboxylic acids is 2. The molecule has 1 saturated heterocycles. The van der Waals surface area contributed by atoms with Gasteiger partial charge in [-0.05, 0) is 24.6 Å². The maximum Gasteiger partial charge on any atom is 0.340 e. The molecule has 1 aliphatic heterocycles. The Hall–Kier alpha value is -2.24. The number of nitrogens with zero attached hydrogens (tertiary/aromatic N) is 2. The molecule has 108 valence electrons. The van der Waals surface area contributed by atoms with Gasteiger partial charge in [-0.2, -0.15) is 0 Å². The number of ether oxygens (including phenoxy) is 1. The molecule has 0 aromatic heterocycles. The van der Waals surface area contributed by atoms with Crippen molar-refractivity contribution in [3.8, 4) is 0 Å². The van der Waals surface area contributed by atoms with Crippen LogP contribution in [0.1, 0.15) is 16.8 Å². The topological polar surface area (TPSA) is 75.9 Å². The minimum atomic E-state index is -0.470. The summed E-state index contributed by atoms with van der Waals surface area (Å²) in [5, 5.41) is 0. The first-order valence-corrected chi connectivity index (χ1v) is 6.49. The van der Waals surface area contributed by atoms with Crippen LogP contribution in [0.2, 0.25) is 0 Å². The Bertz CT molecular complexity index is 530. The molecular weight excluding hydrogens is 258 g/mol. The van der Waals surface area contributed by atoms with Gasteiger partial charge in [0.05, 0.1) is 19.2 Å². The highest BCUT2D eigenvalue weighted by Crippen LogP contribution is 2.23. The molecule has 1 aromatic rings. The van der Waals surface area contributed by atoms with Crippen LogP contribution >= 0.6 is 0 Å². The fourth-order valence-electron chi connectivity index (χ4n) is 2.23. The molecule has 6 nitrogen and oxygen atoms in total. The van der Waals surface area contributed by atoms with Gasteiger partial charge >= 0.3 is 5.97 Å². The van der Waals surface area contributed by atoms with Crippen LogP contribution < -0.4 is 10.6 Å². The third-order valence-electron chi connectivity index (χ3n) is 3.48. The zero-order valence-corrected chi connectivity index (χ0v) is 11.8. The lowest BCUT2D eigenvalue weighted by Crippen LogP contribution is -2.34. The SMILES string of the molecule is COC(=O)c1cc(N2CCCN(C)C(=O)C2)ccc1N.